The summed E-state index contributed by atoms with van der Waals surface area (Å²) in [6.45, 7) is 5.76. The standard InChI is InChI=1S/C18H26N2O4.ClH/c1-13(2)24-12-15-6-3-5-14(9-15)10-19-17(21)11-20-8-4-7-16(20)18(22)23;/h3,5-6,9,13,16H,4,7-8,10-12H2,1-2H3,(H,19,21)(H,22,23);1H/t16-;/m1./s1. The smallest absolute Gasteiger partial charge is 0.320 e. The molecule has 6 nitrogen and oxygen atoms in total. The van der Waals surface area contributed by atoms with E-state index in [2.05, 4.69) is 5.32 Å². The number of benzene rings is 1. The molecule has 1 aromatic rings. The molecule has 0 unspecified atom stereocenters. The minimum Gasteiger partial charge on any atom is -0.480 e. The highest BCUT2D eigenvalue weighted by atomic mass is 35.5. The van der Waals surface area contributed by atoms with Gasteiger partial charge in [-0.05, 0) is 44.4 Å². The van der Waals surface area contributed by atoms with Crippen molar-refractivity contribution >= 4 is 24.3 Å². The molecule has 1 saturated heterocycles. The van der Waals surface area contributed by atoms with Gasteiger partial charge in [0.2, 0.25) is 5.91 Å². The Balaban J connectivity index is 0.00000312. The number of ether oxygens (including phenoxy) is 1. The number of hydrogen-bond acceptors (Lipinski definition) is 4. The molecule has 0 aromatic heterocycles. The molecule has 1 aromatic carbocycles. The van der Waals surface area contributed by atoms with E-state index < -0.39 is 12.0 Å². The molecule has 140 valence electrons. The third-order valence-electron chi connectivity index (χ3n) is 4.06. The summed E-state index contributed by atoms with van der Waals surface area (Å²) in [6, 6.07) is 7.37. The van der Waals surface area contributed by atoms with Gasteiger partial charge in [-0.3, -0.25) is 14.5 Å². The van der Waals surface area contributed by atoms with Crippen LogP contribution in [0.2, 0.25) is 0 Å². The maximum Gasteiger partial charge on any atom is 0.320 e. The van der Waals surface area contributed by atoms with Crippen LogP contribution < -0.4 is 5.32 Å². The van der Waals surface area contributed by atoms with Crippen LogP contribution in [-0.2, 0) is 27.5 Å². The summed E-state index contributed by atoms with van der Waals surface area (Å²) >= 11 is 0. The van der Waals surface area contributed by atoms with Crippen molar-refractivity contribution in [3.05, 3.63) is 35.4 Å². The fourth-order valence-corrected chi connectivity index (χ4v) is 2.83. The minimum atomic E-state index is -0.849. The van der Waals surface area contributed by atoms with E-state index in [1.807, 2.05) is 38.1 Å². The number of carboxylic acids is 1. The van der Waals surface area contributed by atoms with Crippen LogP contribution in [0.5, 0.6) is 0 Å². The average Bonchev–Trinajstić information content (AvgIpc) is 3.00. The monoisotopic (exact) mass is 370 g/mol. The summed E-state index contributed by atoms with van der Waals surface area (Å²) in [7, 11) is 0. The number of nitrogens with zero attached hydrogens (tertiary/aromatic N) is 1. The van der Waals surface area contributed by atoms with E-state index in [1.54, 1.807) is 4.90 Å². The van der Waals surface area contributed by atoms with Crippen molar-refractivity contribution in [1.29, 1.82) is 0 Å². The van der Waals surface area contributed by atoms with Crippen LogP contribution in [0.15, 0.2) is 24.3 Å². The highest BCUT2D eigenvalue weighted by Gasteiger charge is 2.31. The molecule has 1 atom stereocenters. The van der Waals surface area contributed by atoms with Gasteiger partial charge >= 0.3 is 5.97 Å². The Morgan fingerprint density at radius 3 is 2.76 bits per heavy atom. The van der Waals surface area contributed by atoms with Crippen molar-refractivity contribution in [3.63, 3.8) is 0 Å². The quantitative estimate of drug-likeness (QED) is 0.733. The largest absolute Gasteiger partial charge is 0.480 e. The molecule has 0 saturated carbocycles. The van der Waals surface area contributed by atoms with Crippen LogP contribution in [0, 0.1) is 0 Å². The number of aliphatic carboxylic acids is 1. The van der Waals surface area contributed by atoms with Gasteiger partial charge in [-0.25, -0.2) is 0 Å². The number of likely N-dealkylation sites (tertiary alicyclic amines) is 1. The Morgan fingerprint density at radius 2 is 2.08 bits per heavy atom. The highest BCUT2D eigenvalue weighted by molar-refractivity contribution is 5.85. The molecule has 2 N–H and O–H groups in total. The first-order valence-corrected chi connectivity index (χ1v) is 8.38. The van der Waals surface area contributed by atoms with Crippen LogP contribution in [0.25, 0.3) is 0 Å². The van der Waals surface area contributed by atoms with Gasteiger partial charge in [0.25, 0.3) is 0 Å². The lowest BCUT2D eigenvalue weighted by atomic mass is 10.1. The van der Waals surface area contributed by atoms with E-state index in [9.17, 15) is 9.59 Å². The molecular formula is C18H27ClN2O4. The fraction of sp³-hybridized carbons (Fsp3) is 0.556. The summed E-state index contributed by atoms with van der Waals surface area (Å²) < 4.78 is 5.58. The van der Waals surface area contributed by atoms with Gasteiger partial charge < -0.3 is 15.2 Å². The van der Waals surface area contributed by atoms with E-state index in [0.717, 1.165) is 17.5 Å². The van der Waals surface area contributed by atoms with Gasteiger partial charge in [-0.1, -0.05) is 24.3 Å². The van der Waals surface area contributed by atoms with Crippen molar-refractivity contribution in [1.82, 2.24) is 10.2 Å². The highest BCUT2D eigenvalue weighted by Crippen LogP contribution is 2.16. The number of carboxylic acid groups (broad SMARTS) is 1. The molecule has 1 aliphatic heterocycles. The predicted molar refractivity (Wildman–Crippen MR) is 97.7 cm³/mol. The number of carbonyl (C=O) groups excluding carboxylic acids is 1. The van der Waals surface area contributed by atoms with Gasteiger partial charge in [0, 0.05) is 6.54 Å². The summed E-state index contributed by atoms with van der Waals surface area (Å²) in [5, 5.41) is 12.0. The first-order chi connectivity index (χ1) is 11.5. The molecule has 7 heteroatoms. The van der Waals surface area contributed by atoms with Crippen molar-refractivity contribution < 1.29 is 19.4 Å². The maximum atomic E-state index is 12.1. The second kappa shape index (κ2) is 10.4. The molecule has 0 spiro atoms. The van der Waals surface area contributed by atoms with Crippen LogP contribution in [0.4, 0.5) is 0 Å². The number of halogens is 1. The molecule has 1 fully saturated rings. The first kappa shape index (κ1) is 21.4. The Morgan fingerprint density at radius 1 is 1.36 bits per heavy atom. The summed E-state index contributed by atoms with van der Waals surface area (Å²) in [6.07, 6.45) is 1.61. The predicted octanol–water partition coefficient (Wildman–Crippen LogP) is 2.20. The number of carbonyl (C=O) groups is 2. The van der Waals surface area contributed by atoms with E-state index in [0.29, 0.717) is 26.1 Å². The van der Waals surface area contributed by atoms with E-state index >= 15 is 0 Å². The Kier molecular flexibility index (Phi) is 8.89. The lowest BCUT2D eigenvalue weighted by Gasteiger charge is -2.20. The van der Waals surface area contributed by atoms with Gasteiger partial charge in [-0.2, -0.15) is 0 Å². The van der Waals surface area contributed by atoms with Gasteiger partial charge in [0.05, 0.1) is 19.3 Å². The van der Waals surface area contributed by atoms with Crippen LogP contribution in [0.3, 0.4) is 0 Å². The zero-order valence-corrected chi connectivity index (χ0v) is 15.6. The number of rotatable bonds is 8. The van der Waals surface area contributed by atoms with E-state index in [4.69, 9.17) is 9.84 Å². The Hall–Kier alpha value is -1.63. The second-order valence-corrected chi connectivity index (χ2v) is 6.42. The maximum absolute atomic E-state index is 12.1. The zero-order valence-electron chi connectivity index (χ0n) is 14.7. The second-order valence-electron chi connectivity index (χ2n) is 6.42. The van der Waals surface area contributed by atoms with Crippen molar-refractivity contribution in [3.8, 4) is 0 Å². The van der Waals surface area contributed by atoms with Crippen molar-refractivity contribution in [2.24, 2.45) is 0 Å². The normalized spacial score (nSPS) is 17.3. The SMILES string of the molecule is CC(C)OCc1cccc(CNC(=O)CN2CCC[C@@H]2C(=O)O)c1.Cl. The number of hydrogen-bond donors (Lipinski definition) is 2. The summed E-state index contributed by atoms with van der Waals surface area (Å²) in [5.41, 5.74) is 2.07. The molecule has 0 bridgehead atoms. The van der Waals surface area contributed by atoms with Crippen molar-refractivity contribution in [2.75, 3.05) is 13.1 Å². The number of amides is 1. The van der Waals surface area contributed by atoms with E-state index in [-0.39, 0.29) is 31.0 Å². The first-order valence-electron chi connectivity index (χ1n) is 8.38. The molecule has 2 rings (SSSR count). The van der Waals surface area contributed by atoms with Gasteiger partial charge in [0.15, 0.2) is 0 Å². The van der Waals surface area contributed by atoms with Gasteiger partial charge in [-0.15, -0.1) is 12.4 Å². The van der Waals surface area contributed by atoms with Crippen LogP contribution in [0.1, 0.15) is 37.8 Å². The Bertz CT molecular complexity index is 580. The van der Waals surface area contributed by atoms with Crippen LogP contribution in [-0.4, -0.2) is 47.1 Å². The molecule has 25 heavy (non-hydrogen) atoms. The topological polar surface area (TPSA) is 78.9 Å². The summed E-state index contributed by atoms with van der Waals surface area (Å²) in [5.74, 6) is -0.995. The Labute approximate surface area is 154 Å². The summed E-state index contributed by atoms with van der Waals surface area (Å²) in [4.78, 5) is 24.9. The molecule has 1 heterocycles. The molecular weight excluding hydrogens is 344 g/mol. The van der Waals surface area contributed by atoms with Gasteiger partial charge in [0.1, 0.15) is 6.04 Å². The van der Waals surface area contributed by atoms with E-state index in [1.165, 1.54) is 0 Å². The molecule has 1 amide bonds. The van der Waals surface area contributed by atoms with Crippen LogP contribution >= 0.6 is 12.4 Å². The molecule has 0 radical (unpaired) electrons. The van der Waals surface area contributed by atoms with Crippen molar-refractivity contribution in [2.45, 2.75) is 52.0 Å². The average molecular weight is 371 g/mol. The fourth-order valence-electron chi connectivity index (χ4n) is 2.83. The lowest BCUT2D eigenvalue weighted by Crippen LogP contribution is -2.42. The number of nitrogens with one attached hydrogen (secondary N) is 1. The third kappa shape index (κ3) is 7.02. The molecule has 1 aliphatic rings. The lowest BCUT2D eigenvalue weighted by molar-refractivity contribution is -0.142. The third-order valence-corrected chi connectivity index (χ3v) is 4.06. The zero-order chi connectivity index (χ0) is 17.5. The molecule has 0 aliphatic carbocycles. The minimum absolute atomic E-state index is 0.